The monoisotopic (exact) mass is 311 g/mol. The van der Waals surface area contributed by atoms with Crippen LogP contribution in [0.5, 0.6) is 5.75 Å². The zero-order valence-corrected chi connectivity index (χ0v) is 12.7. The van der Waals surface area contributed by atoms with E-state index in [1.54, 1.807) is 36.6 Å². The number of ether oxygens (including phenoxy) is 1. The van der Waals surface area contributed by atoms with Gasteiger partial charge in [-0.1, -0.05) is 0 Å². The van der Waals surface area contributed by atoms with E-state index in [4.69, 9.17) is 13.6 Å². The first-order chi connectivity index (χ1) is 11.3. The molecule has 0 aliphatic carbocycles. The summed E-state index contributed by atoms with van der Waals surface area (Å²) in [6, 6.07) is 14.3. The molecule has 5 heteroatoms. The summed E-state index contributed by atoms with van der Waals surface area (Å²) in [6.07, 6.45) is 1.59. The molecule has 3 rings (SSSR count). The van der Waals surface area contributed by atoms with Gasteiger partial charge in [-0.25, -0.2) is 0 Å². The Bertz CT molecular complexity index is 757. The van der Waals surface area contributed by atoms with Crippen molar-refractivity contribution in [2.45, 2.75) is 13.5 Å². The van der Waals surface area contributed by atoms with Gasteiger partial charge in [-0.15, -0.1) is 0 Å². The van der Waals surface area contributed by atoms with Gasteiger partial charge in [-0.05, 0) is 55.5 Å². The van der Waals surface area contributed by atoms with Crippen molar-refractivity contribution < 1.29 is 18.4 Å². The fourth-order valence-corrected chi connectivity index (χ4v) is 2.16. The fourth-order valence-electron chi connectivity index (χ4n) is 2.16. The largest absolute Gasteiger partial charge is 0.494 e. The molecule has 0 saturated carbocycles. The minimum Gasteiger partial charge on any atom is -0.494 e. The molecule has 118 valence electrons. The number of hydrogen-bond donors (Lipinski definition) is 1. The molecule has 0 unspecified atom stereocenters. The quantitative estimate of drug-likeness (QED) is 0.750. The Balaban J connectivity index is 1.58. The van der Waals surface area contributed by atoms with Crippen molar-refractivity contribution in [3.63, 3.8) is 0 Å². The molecule has 1 amide bonds. The summed E-state index contributed by atoms with van der Waals surface area (Å²) in [4.78, 5) is 12.1. The fraction of sp³-hybridized carbons (Fsp3) is 0.167. The second kappa shape index (κ2) is 6.87. The second-order valence-electron chi connectivity index (χ2n) is 4.88. The minimum atomic E-state index is -0.163. The van der Waals surface area contributed by atoms with Crippen LogP contribution in [0, 0.1) is 0 Å². The summed E-state index contributed by atoms with van der Waals surface area (Å²) in [5.41, 5.74) is 0.575. The molecule has 0 bridgehead atoms. The second-order valence-corrected chi connectivity index (χ2v) is 4.88. The Hall–Kier alpha value is -2.95. The van der Waals surface area contributed by atoms with E-state index in [0.29, 0.717) is 36.0 Å². The van der Waals surface area contributed by atoms with Gasteiger partial charge in [0.15, 0.2) is 11.5 Å². The average Bonchev–Trinajstić information content (AvgIpc) is 3.25. The molecule has 0 spiro atoms. The van der Waals surface area contributed by atoms with Crippen LogP contribution in [0.2, 0.25) is 0 Å². The summed E-state index contributed by atoms with van der Waals surface area (Å²) < 4.78 is 16.3. The van der Waals surface area contributed by atoms with Crippen LogP contribution in [-0.4, -0.2) is 12.5 Å². The summed E-state index contributed by atoms with van der Waals surface area (Å²) in [5.74, 6) is 2.55. The molecule has 2 heterocycles. The normalized spacial score (nSPS) is 10.5. The maximum atomic E-state index is 12.1. The molecule has 23 heavy (non-hydrogen) atoms. The van der Waals surface area contributed by atoms with Gasteiger partial charge in [0.05, 0.1) is 19.4 Å². The maximum absolute atomic E-state index is 12.1. The number of rotatable bonds is 6. The third kappa shape index (κ3) is 3.63. The Morgan fingerprint density at radius 3 is 2.61 bits per heavy atom. The van der Waals surface area contributed by atoms with Gasteiger partial charge in [0.25, 0.3) is 5.91 Å². The highest BCUT2D eigenvalue weighted by molar-refractivity contribution is 5.94. The highest BCUT2D eigenvalue weighted by atomic mass is 16.5. The van der Waals surface area contributed by atoms with E-state index in [0.717, 1.165) is 5.75 Å². The van der Waals surface area contributed by atoms with Crippen molar-refractivity contribution >= 4 is 5.91 Å². The number of benzene rings is 1. The summed E-state index contributed by atoms with van der Waals surface area (Å²) in [7, 11) is 0. The Morgan fingerprint density at radius 2 is 1.91 bits per heavy atom. The molecule has 2 aromatic heterocycles. The molecular weight excluding hydrogens is 294 g/mol. The molecule has 1 N–H and O–H groups in total. The van der Waals surface area contributed by atoms with E-state index in [2.05, 4.69) is 5.32 Å². The van der Waals surface area contributed by atoms with Crippen molar-refractivity contribution in [1.29, 1.82) is 0 Å². The number of carbonyl (C=O) groups is 1. The first-order valence-electron chi connectivity index (χ1n) is 7.40. The number of furan rings is 2. The van der Waals surface area contributed by atoms with Crippen molar-refractivity contribution in [3.8, 4) is 17.3 Å². The van der Waals surface area contributed by atoms with Gasteiger partial charge >= 0.3 is 0 Å². The van der Waals surface area contributed by atoms with Crippen LogP contribution in [0.3, 0.4) is 0 Å². The SMILES string of the molecule is CCOc1ccc(C(=O)NCc2ccc(-c3ccco3)o2)cc1. The molecule has 0 aliphatic rings. The van der Waals surface area contributed by atoms with Crippen molar-refractivity contribution in [1.82, 2.24) is 5.32 Å². The molecule has 0 radical (unpaired) electrons. The zero-order valence-electron chi connectivity index (χ0n) is 12.7. The van der Waals surface area contributed by atoms with E-state index in [1.165, 1.54) is 0 Å². The van der Waals surface area contributed by atoms with Crippen LogP contribution in [0.15, 0.2) is 63.6 Å². The minimum absolute atomic E-state index is 0.163. The van der Waals surface area contributed by atoms with Crippen molar-refractivity contribution in [2.75, 3.05) is 6.61 Å². The van der Waals surface area contributed by atoms with Crippen molar-refractivity contribution in [3.05, 3.63) is 66.1 Å². The van der Waals surface area contributed by atoms with Gasteiger partial charge in [-0.3, -0.25) is 4.79 Å². The Kier molecular flexibility index (Phi) is 4.47. The average molecular weight is 311 g/mol. The summed E-state index contributed by atoms with van der Waals surface area (Å²) in [5, 5.41) is 2.82. The molecular formula is C18H17NO4. The highest BCUT2D eigenvalue weighted by Crippen LogP contribution is 2.22. The van der Waals surface area contributed by atoms with Gasteiger partial charge < -0.3 is 18.9 Å². The number of nitrogens with one attached hydrogen (secondary N) is 1. The standard InChI is InChI=1S/C18H17NO4/c1-2-21-14-7-5-13(6-8-14)18(20)19-12-15-9-10-17(23-15)16-4-3-11-22-16/h3-11H,2,12H2,1H3,(H,19,20). The first-order valence-corrected chi connectivity index (χ1v) is 7.40. The first kappa shape index (κ1) is 15.0. The topological polar surface area (TPSA) is 64.6 Å². The summed E-state index contributed by atoms with van der Waals surface area (Å²) >= 11 is 0. The van der Waals surface area contributed by atoms with Gasteiger partial charge in [-0.2, -0.15) is 0 Å². The molecule has 0 aliphatic heterocycles. The van der Waals surface area contributed by atoms with E-state index in [-0.39, 0.29) is 5.91 Å². The van der Waals surface area contributed by atoms with Gasteiger partial charge in [0, 0.05) is 5.56 Å². The molecule has 1 aromatic carbocycles. The van der Waals surface area contributed by atoms with Crippen LogP contribution in [0.1, 0.15) is 23.0 Å². The van der Waals surface area contributed by atoms with E-state index >= 15 is 0 Å². The van der Waals surface area contributed by atoms with E-state index < -0.39 is 0 Å². The van der Waals surface area contributed by atoms with Crippen LogP contribution < -0.4 is 10.1 Å². The number of amides is 1. The molecule has 0 saturated heterocycles. The predicted molar refractivity (Wildman–Crippen MR) is 85.2 cm³/mol. The van der Waals surface area contributed by atoms with Crippen LogP contribution in [0.25, 0.3) is 11.5 Å². The van der Waals surface area contributed by atoms with Crippen LogP contribution in [0.4, 0.5) is 0 Å². The van der Waals surface area contributed by atoms with E-state index in [9.17, 15) is 4.79 Å². The Morgan fingerprint density at radius 1 is 1.09 bits per heavy atom. The van der Waals surface area contributed by atoms with Crippen LogP contribution in [-0.2, 0) is 6.54 Å². The third-order valence-electron chi connectivity index (χ3n) is 3.28. The van der Waals surface area contributed by atoms with Gasteiger partial charge in [0.1, 0.15) is 11.5 Å². The molecule has 5 nitrogen and oxygen atoms in total. The Labute approximate surface area is 133 Å². The van der Waals surface area contributed by atoms with E-state index in [1.807, 2.05) is 25.1 Å². The van der Waals surface area contributed by atoms with Crippen molar-refractivity contribution in [2.24, 2.45) is 0 Å². The lowest BCUT2D eigenvalue weighted by Gasteiger charge is -2.05. The van der Waals surface area contributed by atoms with Gasteiger partial charge in [0.2, 0.25) is 0 Å². The molecule has 3 aromatic rings. The number of carbonyl (C=O) groups excluding carboxylic acids is 1. The predicted octanol–water partition coefficient (Wildman–Crippen LogP) is 3.87. The lowest BCUT2D eigenvalue weighted by molar-refractivity contribution is 0.0948. The maximum Gasteiger partial charge on any atom is 0.251 e. The van der Waals surface area contributed by atoms with Crippen LogP contribution >= 0.6 is 0 Å². The smallest absolute Gasteiger partial charge is 0.251 e. The lowest BCUT2D eigenvalue weighted by atomic mass is 10.2. The molecule has 0 atom stereocenters. The zero-order chi connectivity index (χ0) is 16.1. The molecule has 0 fully saturated rings. The number of hydrogen-bond acceptors (Lipinski definition) is 4. The third-order valence-corrected chi connectivity index (χ3v) is 3.28. The lowest BCUT2D eigenvalue weighted by Crippen LogP contribution is -2.22. The highest BCUT2D eigenvalue weighted by Gasteiger charge is 2.09. The summed E-state index contributed by atoms with van der Waals surface area (Å²) in [6.45, 7) is 2.83.